The van der Waals surface area contributed by atoms with Crippen LogP contribution in [0.5, 0.6) is 0 Å². The largest absolute Gasteiger partial charge is 0.324 e. The van der Waals surface area contributed by atoms with Crippen molar-refractivity contribution in [2.45, 2.75) is 38.6 Å². The van der Waals surface area contributed by atoms with Crippen LogP contribution in [0.3, 0.4) is 0 Å². The number of para-hydroxylation sites is 1. The van der Waals surface area contributed by atoms with Gasteiger partial charge in [-0.25, -0.2) is 0 Å². The lowest BCUT2D eigenvalue weighted by Gasteiger charge is -2.15. The number of nitrogens with two attached hydrogens (primary N) is 1. The van der Waals surface area contributed by atoms with Crippen LogP contribution in [-0.2, 0) is 11.2 Å². The van der Waals surface area contributed by atoms with Gasteiger partial charge in [0.15, 0.2) is 0 Å². The minimum atomic E-state index is -0.604. The van der Waals surface area contributed by atoms with E-state index in [1.807, 2.05) is 25.1 Å². The zero-order chi connectivity index (χ0) is 11.8. The topological polar surface area (TPSA) is 55.1 Å². The molecule has 0 aromatic heterocycles. The van der Waals surface area contributed by atoms with Gasteiger partial charge in [-0.15, -0.1) is 0 Å². The summed E-state index contributed by atoms with van der Waals surface area (Å²) in [5, 5.41) is 2.97. The molecule has 0 saturated heterocycles. The van der Waals surface area contributed by atoms with Gasteiger partial charge in [-0.3, -0.25) is 4.79 Å². The third kappa shape index (κ3) is 1.95. The molecular formula is C13H18N2O. The number of anilines is 1. The van der Waals surface area contributed by atoms with Crippen LogP contribution in [0.4, 0.5) is 5.69 Å². The Morgan fingerprint density at radius 2 is 2.19 bits per heavy atom. The van der Waals surface area contributed by atoms with Crippen molar-refractivity contribution in [2.75, 3.05) is 5.32 Å². The molecule has 86 valence electrons. The molecule has 1 aliphatic rings. The van der Waals surface area contributed by atoms with Crippen LogP contribution >= 0.6 is 0 Å². The molecule has 1 fully saturated rings. The molecule has 0 heterocycles. The van der Waals surface area contributed by atoms with Crippen molar-refractivity contribution in [3.8, 4) is 0 Å². The van der Waals surface area contributed by atoms with Crippen molar-refractivity contribution in [1.29, 1.82) is 0 Å². The van der Waals surface area contributed by atoms with E-state index in [0.717, 1.165) is 36.1 Å². The molecule has 0 aliphatic heterocycles. The Bertz CT molecular complexity index is 422. The molecule has 3 N–H and O–H groups in total. The van der Waals surface area contributed by atoms with Crippen LogP contribution in [-0.4, -0.2) is 11.4 Å². The molecule has 0 spiro atoms. The Labute approximate surface area is 96.0 Å². The fraction of sp³-hybridized carbons (Fsp3) is 0.462. The summed E-state index contributed by atoms with van der Waals surface area (Å²) >= 11 is 0. The zero-order valence-electron chi connectivity index (χ0n) is 9.84. The fourth-order valence-electron chi connectivity index (χ4n) is 1.80. The van der Waals surface area contributed by atoms with Crippen molar-refractivity contribution in [3.05, 3.63) is 29.3 Å². The highest BCUT2D eigenvalue weighted by Crippen LogP contribution is 2.34. The second-order valence-corrected chi connectivity index (χ2v) is 4.57. The lowest BCUT2D eigenvalue weighted by atomic mass is 10.1. The van der Waals surface area contributed by atoms with Gasteiger partial charge in [0.2, 0.25) is 5.91 Å². The van der Waals surface area contributed by atoms with E-state index in [2.05, 4.69) is 12.2 Å². The normalized spacial score (nSPS) is 16.9. The number of aryl methyl sites for hydroxylation is 2. The van der Waals surface area contributed by atoms with Gasteiger partial charge in [-0.05, 0) is 37.3 Å². The van der Waals surface area contributed by atoms with Crippen molar-refractivity contribution < 1.29 is 4.79 Å². The first-order valence-corrected chi connectivity index (χ1v) is 5.75. The van der Waals surface area contributed by atoms with E-state index in [4.69, 9.17) is 5.73 Å². The first-order chi connectivity index (χ1) is 7.57. The molecule has 0 bridgehead atoms. The lowest BCUT2D eigenvalue weighted by Crippen LogP contribution is -2.38. The van der Waals surface area contributed by atoms with E-state index in [1.165, 1.54) is 0 Å². The number of carbonyl (C=O) groups excluding carboxylic acids is 1. The molecule has 16 heavy (non-hydrogen) atoms. The molecular weight excluding hydrogens is 200 g/mol. The van der Waals surface area contributed by atoms with E-state index in [1.54, 1.807) is 0 Å². The quantitative estimate of drug-likeness (QED) is 0.815. The molecule has 3 nitrogen and oxygen atoms in total. The van der Waals surface area contributed by atoms with Gasteiger partial charge < -0.3 is 11.1 Å². The van der Waals surface area contributed by atoms with E-state index >= 15 is 0 Å². The maximum Gasteiger partial charge on any atom is 0.244 e. The summed E-state index contributed by atoms with van der Waals surface area (Å²) in [5.41, 5.74) is 8.46. The fourth-order valence-corrected chi connectivity index (χ4v) is 1.80. The highest BCUT2D eigenvalue weighted by atomic mass is 16.2. The Balaban J connectivity index is 2.23. The maximum absolute atomic E-state index is 11.9. The second-order valence-electron chi connectivity index (χ2n) is 4.57. The van der Waals surface area contributed by atoms with Crippen molar-refractivity contribution in [3.63, 3.8) is 0 Å². The highest BCUT2D eigenvalue weighted by molar-refractivity contribution is 6.01. The number of amides is 1. The summed E-state index contributed by atoms with van der Waals surface area (Å²) in [7, 11) is 0. The minimum absolute atomic E-state index is 0.0449. The smallest absolute Gasteiger partial charge is 0.244 e. The van der Waals surface area contributed by atoms with Gasteiger partial charge in [-0.2, -0.15) is 0 Å². The molecule has 0 atom stereocenters. The predicted octanol–water partition coefficient (Wildman–Crippen LogP) is 1.99. The number of nitrogens with one attached hydrogen (secondary N) is 1. The molecule has 1 amide bonds. The molecule has 1 aromatic rings. The van der Waals surface area contributed by atoms with Gasteiger partial charge in [0.25, 0.3) is 0 Å². The van der Waals surface area contributed by atoms with E-state index in [9.17, 15) is 4.79 Å². The van der Waals surface area contributed by atoms with Gasteiger partial charge in [0, 0.05) is 5.69 Å². The number of benzene rings is 1. The van der Waals surface area contributed by atoms with E-state index in [-0.39, 0.29) is 5.91 Å². The molecule has 1 aliphatic carbocycles. The summed E-state index contributed by atoms with van der Waals surface area (Å²) in [6.07, 6.45) is 2.51. The summed E-state index contributed by atoms with van der Waals surface area (Å²) in [6.45, 7) is 4.09. The second kappa shape index (κ2) is 3.91. The SMILES string of the molecule is CCc1cccc(C)c1NC(=O)C1(N)CC1. The summed E-state index contributed by atoms with van der Waals surface area (Å²) in [4.78, 5) is 11.9. The van der Waals surface area contributed by atoms with Crippen LogP contribution in [0, 0.1) is 6.92 Å². The number of carbonyl (C=O) groups is 1. The van der Waals surface area contributed by atoms with Crippen LogP contribution in [0.2, 0.25) is 0 Å². The van der Waals surface area contributed by atoms with Crippen molar-refractivity contribution >= 4 is 11.6 Å². The van der Waals surface area contributed by atoms with Gasteiger partial charge in [0.1, 0.15) is 0 Å². The third-order valence-corrected chi connectivity index (χ3v) is 3.22. The molecule has 1 saturated carbocycles. The number of hydrogen-bond acceptors (Lipinski definition) is 2. The summed E-state index contributed by atoms with van der Waals surface area (Å²) in [6, 6.07) is 6.06. The Morgan fingerprint density at radius 3 is 2.75 bits per heavy atom. The average Bonchev–Trinajstić information content (AvgIpc) is 3.01. The minimum Gasteiger partial charge on any atom is -0.324 e. The molecule has 2 rings (SSSR count). The van der Waals surface area contributed by atoms with Crippen molar-refractivity contribution in [2.24, 2.45) is 5.73 Å². The maximum atomic E-state index is 11.9. The standard InChI is InChI=1S/C13H18N2O/c1-3-10-6-4-5-9(2)11(10)15-12(16)13(14)7-8-13/h4-6H,3,7-8,14H2,1-2H3,(H,15,16). The molecule has 0 radical (unpaired) electrons. The average molecular weight is 218 g/mol. The van der Waals surface area contributed by atoms with E-state index < -0.39 is 5.54 Å². The Hall–Kier alpha value is -1.35. The van der Waals surface area contributed by atoms with Crippen LogP contribution in [0.25, 0.3) is 0 Å². The molecule has 1 aromatic carbocycles. The van der Waals surface area contributed by atoms with Crippen LogP contribution < -0.4 is 11.1 Å². The van der Waals surface area contributed by atoms with Gasteiger partial charge >= 0.3 is 0 Å². The van der Waals surface area contributed by atoms with Crippen LogP contribution in [0.15, 0.2) is 18.2 Å². The molecule has 3 heteroatoms. The molecule has 0 unspecified atom stereocenters. The predicted molar refractivity (Wildman–Crippen MR) is 65.3 cm³/mol. The number of rotatable bonds is 3. The van der Waals surface area contributed by atoms with Crippen molar-refractivity contribution in [1.82, 2.24) is 0 Å². The van der Waals surface area contributed by atoms with E-state index in [0.29, 0.717) is 0 Å². The summed E-state index contributed by atoms with van der Waals surface area (Å²) < 4.78 is 0. The van der Waals surface area contributed by atoms with Gasteiger partial charge in [0.05, 0.1) is 5.54 Å². The third-order valence-electron chi connectivity index (χ3n) is 3.22. The highest BCUT2D eigenvalue weighted by Gasteiger charge is 2.46. The lowest BCUT2D eigenvalue weighted by molar-refractivity contribution is -0.118. The Morgan fingerprint density at radius 1 is 1.50 bits per heavy atom. The first-order valence-electron chi connectivity index (χ1n) is 5.75. The first kappa shape index (κ1) is 11.1. The zero-order valence-corrected chi connectivity index (χ0v) is 9.84. The Kier molecular flexibility index (Phi) is 2.72. The van der Waals surface area contributed by atoms with Gasteiger partial charge in [-0.1, -0.05) is 25.1 Å². The summed E-state index contributed by atoms with van der Waals surface area (Å²) in [5.74, 6) is -0.0449. The number of hydrogen-bond donors (Lipinski definition) is 2. The monoisotopic (exact) mass is 218 g/mol. The van der Waals surface area contributed by atoms with Crippen LogP contribution in [0.1, 0.15) is 30.9 Å².